The third kappa shape index (κ3) is 4.65. The quantitative estimate of drug-likeness (QED) is 0.852. The molecule has 3 nitrogen and oxygen atoms in total. The van der Waals surface area contributed by atoms with Crippen LogP contribution in [0.15, 0.2) is 41.1 Å². The van der Waals surface area contributed by atoms with Crippen molar-refractivity contribution in [3.05, 3.63) is 58.0 Å². The van der Waals surface area contributed by atoms with E-state index in [1.807, 2.05) is 16.8 Å². The van der Waals surface area contributed by atoms with E-state index in [4.69, 9.17) is 4.74 Å². The monoisotopic (exact) mass is 307 g/mol. The molecule has 1 amide bonds. The summed E-state index contributed by atoms with van der Waals surface area (Å²) < 4.78 is 18.8. The maximum atomic E-state index is 13.4. The Morgan fingerprint density at radius 3 is 2.86 bits per heavy atom. The normalized spacial score (nSPS) is 12.1. The second-order valence-electron chi connectivity index (χ2n) is 4.68. The van der Waals surface area contributed by atoms with Crippen molar-refractivity contribution >= 4 is 17.2 Å². The summed E-state index contributed by atoms with van der Waals surface area (Å²) in [6.07, 6.45) is 0.518. The molecule has 1 atom stereocenters. The van der Waals surface area contributed by atoms with E-state index in [-0.39, 0.29) is 24.2 Å². The number of carbonyl (C=O) groups is 1. The lowest BCUT2D eigenvalue weighted by Crippen LogP contribution is -2.29. The summed E-state index contributed by atoms with van der Waals surface area (Å²) in [5.41, 5.74) is 1.62. The number of ether oxygens (including phenoxy) is 1. The van der Waals surface area contributed by atoms with Gasteiger partial charge in [-0.1, -0.05) is 18.2 Å². The van der Waals surface area contributed by atoms with Crippen LogP contribution >= 0.6 is 11.3 Å². The Morgan fingerprint density at radius 2 is 2.19 bits per heavy atom. The SMILES string of the molecule is COC(CNC(=O)CCc1ccccc1F)c1ccsc1. The Morgan fingerprint density at radius 1 is 1.38 bits per heavy atom. The largest absolute Gasteiger partial charge is 0.375 e. The molecule has 1 heterocycles. The van der Waals surface area contributed by atoms with E-state index in [9.17, 15) is 9.18 Å². The number of nitrogens with one attached hydrogen (secondary N) is 1. The number of thiophene rings is 1. The summed E-state index contributed by atoms with van der Waals surface area (Å²) in [7, 11) is 1.62. The van der Waals surface area contributed by atoms with Crippen LogP contribution in [0.2, 0.25) is 0 Å². The van der Waals surface area contributed by atoms with Crippen molar-refractivity contribution in [1.82, 2.24) is 5.32 Å². The van der Waals surface area contributed by atoms with Gasteiger partial charge in [-0.2, -0.15) is 11.3 Å². The molecule has 0 aliphatic heterocycles. The number of hydrogen-bond donors (Lipinski definition) is 1. The highest BCUT2D eigenvalue weighted by Crippen LogP contribution is 2.18. The first-order valence-corrected chi connectivity index (χ1v) is 7.70. The lowest BCUT2D eigenvalue weighted by atomic mass is 10.1. The molecule has 0 fully saturated rings. The fraction of sp³-hybridized carbons (Fsp3) is 0.312. The minimum atomic E-state index is -0.265. The number of hydrogen-bond acceptors (Lipinski definition) is 3. The molecule has 1 N–H and O–H groups in total. The zero-order valence-corrected chi connectivity index (χ0v) is 12.7. The number of aryl methyl sites for hydroxylation is 1. The van der Waals surface area contributed by atoms with Gasteiger partial charge in [0.15, 0.2) is 0 Å². The molecule has 0 radical (unpaired) electrons. The zero-order chi connectivity index (χ0) is 15.1. The fourth-order valence-corrected chi connectivity index (χ4v) is 2.74. The van der Waals surface area contributed by atoms with Gasteiger partial charge in [0.25, 0.3) is 0 Å². The van der Waals surface area contributed by atoms with Crippen LogP contribution in [-0.4, -0.2) is 19.6 Å². The molecule has 1 aromatic heterocycles. The molecule has 2 rings (SSSR count). The standard InChI is InChI=1S/C16H18FNO2S/c1-20-15(13-8-9-21-11-13)10-18-16(19)7-6-12-4-2-3-5-14(12)17/h2-5,8-9,11,15H,6-7,10H2,1H3,(H,18,19). The molecule has 5 heteroatoms. The second kappa shape index (κ2) is 7.90. The molecule has 112 valence electrons. The van der Waals surface area contributed by atoms with Crippen LogP contribution in [0.4, 0.5) is 4.39 Å². The van der Waals surface area contributed by atoms with Crippen LogP contribution in [0, 0.1) is 5.82 Å². The molecule has 0 aliphatic rings. The van der Waals surface area contributed by atoms with Gasteiger partial charge >= 0.3 is 0 Å². The summed E-state index contributed by atoms with van der Waals surface area (Å²) in [4.78, 5) is 11.8. The first-order valence-electron chi connectivity index (χ1n) is 6.75. The van der Waals surface area contributed by atoms with Crippen molar-refractivity contribution in [2.24, 2.45) is 0 Å². The lowest BCUT2D eigenvalue weighted by Gasteiger charge is -2.15. The van der Waals surface area contributed by atoms with Crippen LogP contribution in [0.1, 0.15) is 23.7 Å². The number of halogens is 1. The molecule has 0 spiro atoms. The van der Waals surface area contributed by atoms with E-state index in [1.165, 1.54) is 6.07 Å². The third-order valence-corrected chi connectivity index (χ3v) is 3.96. The molecule has 21 heavy (non-hydrogen) atoms. The predicted octanol–water partition coefficient (Wildman–Crippen LogP) is 3.32. The van der Waals surface area contributed by atoms with E-state index in [1.54, 1.807) is 36.6 Å². The fourth-order valence-electron chi connectivity index (χ4n) is 2.04. The highest BCUT2D eigenvalue weighted by molar-refractivity contribution is 7.07. The first-order chi connectivity index (χ1) is 10.2. The maximum Gasteiger partial charge on any atom is 0.220 e. The van der Waals surface area contributed by atoms with Gasteiger partial charge in [0.1, 0.15) is 11.9 Å². The molecule has 2 aromatic rings. The molecule has 0 saturated carbocycles. The highest BCUT2D eigenvalue weighted by atomic mass is 32.1. The minimum absolute atomic E-state index is 0.101. The van der Waals surface area contributed by atoms with Gasteiger partial charge in [-0.15, -0.1) is 0 Å². The number of rotatable bonds is 7. The van der Waals surface area contributed by atoms with Crippen molar-refractivity contribution in [3.63, 3.8) is 0 Å². The Kier molecular flexibility index (Phi) is 5.90. The van der Waals surface area contributed by atoms with E-state index in [2.05, 4.69) is 5.32 Å². The van der Waals surface area contributed by atoms with E-state index in [0.717, 1.165) is 5.56 Å². The Balaban J connectivity index is 1.78. The number of carbonyl (C=O) groups excluding carboxylic acids is 1. The summed E-state index contributed by atoms with van der Waals surface area (Å²) in [6.45, 7) is 0.420. The number of benzene rings is 1. The van der Waals surface area contributed by atoms with E-state index >= 15 is 0 Å². The Labute approximate surface area is 127 Å². The maximum absolute atomic E-state index is 13.4. The van der Waals surface area contributed by atoms with Gasteiger partial charge in [0.05, 0.1) is 0 Å². The smallest absolute Gasteiger partial charge is 0.220 e. The average molecular weight is 307 g/mol. The summed E-state index contributed by atoms with van der Waals surface area (Å²) in [5, 5.41) is 6.80. The first kappa shape index (κ1) is 15.7. The van der Waals surface area contributed by atoms with E-state index < -0.39 is 0 Å². The van der Waals surface area contributed by atoms with Crippen LogP contribution in [-0.2, 0) is 16.0 Å². The highest BCUT2D eigenvalue weighted by Gasteiger charge is 2.12. The van der Waals surface area contributed by atoms with Gasteiger partial charge in [-0.25, -0.2) is 4.39 Å². The average Bonchev–Trinajstić information content (AvgIpc) is 3.01. The van der Waals surface area contributed by atoms with E-state index in [0.29, 0.717) is 18.5 Å². The van der Waals surface area contributed by atoms with Gasteiger partial charge in [-0.05, 0) is 40.4 Å². The molecule has 1 aromatic carbocycles. The van der Waals surface area contributed by atoms with Gasteiger partial charge in [0.2, 0.25) is 5.91 Å². The molecule has 0 saturated heterocycles. The Bertz CT molecular complexity index is 571. The van der Waals surface area contributed by atoms with Crippen LogP contribution in [0.3, 0.4) is 0 Å². The van der Waals surface area contributed by atoms with Crippen LogP contribution in [0.25, 0.3) is 0 Å². The summed E-state index contributed by atoms with van der Waals surface area (Å²) in [6, 6.07) is 8.50. The third-order valence-electron chi connectivity index (χ3n) is 3.26. The van der Waals surface area contributed by atoms with Crippen molar-refractivity contribution < 1.29 is 13.9 Å². The molecule has 0 bridgehead atoms. The zero-order valence-electron chi connectivity index (χ0n) is 11.8. The number of amides is 1. The predicted molar refractivity (Wildman–Crippen MR) is 81.8 cm³/mol. The molecule has 0 aliphatic carbocycles. The lowest BCUT2D eigenvalue weighted by molar-refractivity contribution is -0.121. The van der Waals surface area contributed by atoms with Crippen molar-refractivity contribution in [2.45, 2.75) is 18.9 Å². The van der Waals surface area contributed by atoms with Crippen LogP contribution in [0.5, 0.6) is 0 Å². The molecular weight excluding hydrogens is 289 g/mol. The summed E-state index contributed by atoms with van der Waals surface area (Å²) in [5.74, 6) is -0.367. The molecular formula is C16H18FNO2S. The minimum Gasteiger partial charge on any atom is -0.375 e. The topological polar surface area (TPSA) is 38.3 Å². The van der Waals surface area contributed by atoms with Gasteiger partial charge in [-0.3, -0.25) is 4.79 Å². The van der Waals surface area contributed by atoms with Gasteiger partial charge < -0.3 is 10.1 Å². The second-order valence-corrected chi connectivity index (χ2v) is 5.46. The van der Waals surface area contributed by atoms with Gasteiger partial charge in [0, 0.05) is 20.1 Å². The van der Waals surface area contributed by atoms with Crippen LogP contribution < -0.4 is 5.32 Å². The summed E-state index contributed by atoms with van der Waals surface area (Å²) >= 11 is 1.59. The van der Waals surface area contributed by atoms with Crippen molar-refractivity contribution in [3.8, 4) is 0 Å². The Hall–Kier alpha value is -1.72. The molecule has 1 unspecified atom stereocenters. The van der Waals surface area contributed by atoms with Crippen molar-refractivity contribution in [2.75, 3.05) is 13.7 Å². The number of methoxy groups -OCH3 is 1. The van der Waals surface area contributed by atoms with Crippen molar-refractivity contribution in [1.29, 1.82) is 0 Å².